The van der Waals surface area contributed by atoms with Gasteiger partial charge in [-0.25, -0.2) is 19.9 Å². The number of rotatable bonds is 10. The van der Waals surface area contributed by atoms with E-state index in [1.165, 1.54) is 45.5 Å². The van der Waals surface area contributed by atoms with Gasteiger partial charge in [-0.15, -0.1) is 0 Å². The molecule has 0 saturated carbocycles. The smallest absolute Gasteiger partial charge is 0.129 e. The molecule has 9 nitrogen and oxygen atoms in total. The van der Waals surface area contributed by atoms with Crippen LogP contribution in [-0.2, 0) is 17.8 Å². The van der Waals surface area contributed by atoms with E-state index in [1.807, 2.05) is 109 Å². The molecule has 13 rings (SSSR count). The van der Waals surface area contributed by atoms with E-state index in [0.29, 0.717) is 13.3 Å². The summed E-state index contributed by atoms with van der Waals surface area (Å²) < 4.78 is 4.94. The first-order valence-corrected chi connectivity index (χ1v) is 24.3. The fraction of sp³-hybridized carbons (Fsp3) is 0.129. The lowest BCUT2D eigenvalue weighted by molar-refractivity contribution is 0.198. The number of hydrogen-bond donors (Lipinski definition) is 2. The Morgan fingerprint density at radius 3 is 0.873 bits per heavy atom. The van der Waals surface area contributed by atoms with Crippen molar-refractivity contribution in [2.75, 3.05) is 26.6 Å². The van der Waals surface area contributed by atoms with Crippen LogP contribution in [-0.4, -0.2) is 58.9 Å². The second-order valence-electron chi connectivity index (χ2n) is 17.5. The maximum atomic E-state index is 4.94. The topological polar surface area (TPSA) is 110 Å². The maximum Gasteiger partial charge on any atom is 0.129 e. The molecule has 0 radical (unpaired) electrons. The molecule has 1 saturated heterocycles. The van der Waals surface area contributed by atoms with Gasteiger partial charge >= 0.3 is 0 Å². The van der Waals surface area contributed by atoms with Gasteiger partial charge in [-0.05, 0) is 72.5 Å². The summed E-state index contributed by atoms with van der Waals surface area (Å²) in [5.74, 6) is 0. The van der Waals surface area contributed by atoms with Crippen LogP contribution in [0.5, 0.6) is 0 Å². The van der Waals surface area contributed by atoms with Crippen molar-refractivity contribution < 1.29 is 4.74 Å². The summed E-state index contributed by atoms with van der Waals surface area (Å²) in [6, 6.07) is 66.2. The van der Waals surface area contributed by atoms with Gasteiger partial charge in [0.1, 0.15) is 6.67 Å². The summed E-state index contributed by atoms with van der Waals surface area (Å²) in [5, 5.41) is 16.4. The van der Waals surface area contributed by atoms with Crippen molar-refractivity contribution in [3.63, 3.8) is 0 Å². The van der Waals surface area contributed by atoms with E-state index >= 15 is 0 Å². The minimum absolute atomic E-state index is 0.343. The average Bonchev–Trinajstić information content (AvgIpc) is 4.03. The lowest BCUT2D eigenvalue weighted by Gasteiger charge is -2.14. The van der Waals surface area contributed by atoms with Gasteiger partial charge in [0, 0.05) is 99.6 Å². The van der Waals surface area contributed by atoms with Crippen LogP contribution in [0.2, 0.25) is 0 Å². The minimum Gasteiger partial charge on any atom is -0.381 e. The zero-order chi connectivity index (χ0) is 47.6. The van der Waals surface area contributed by atoms with E-state index in [4.69, 9.17) is 24.7 Å². The molecule has 12 aromatic rings. The molecule has 71 heavy (non-hydrogen) atoms. The summed E-state index contributed by atoms with van der Waals surface area (Å²) >= 11 is 0. The lowest BCUT2D eigenvalue weighted by atomic mass is 10.0. The molecule has 0 amide bonds. The Bertz CT molecular complexity index is 3430. The van der Waals surface area contributed by atoms with Crippen molar-refractivity contribution >= 4 is 99.7 Å². The maximum absolute atomic E-state index is 4.94. The highest BCUT2D eigenvalue weighted by Crippen LogP contribution is 2.29. The van der Waals surface area contributed by atoms with Crippen molar-refractivity contribution in [1.82, 2.24) is 30.6 Å². The zero-order valence-corrected chi connectivity index (χ0v) is 39.4. The molecular formula is C62H52N8O. The molecule has 0 atom stereocenters. The number of ether oxygens (including phenoxy) is 1. The fourth-order valence-corrected chi connectivity index (χ4v) is 9.54. The SMILES string of the molecule is C(=NCN=Cc1c2ccccc2nc2ccccc12)c1c2ccccc2nc2ccccc12.C1CCOC1.c1ccc2c(CNCNCc3c4ccccc4nc4ccccc34)c3ccccc3nc2c1. The van der Waals surface area contributed by atoms with Gasteiger partial charge in [-0.1, -0.05) is 146 Å². The van der Waals surface area contributed by atoms with Crippen molar-refractivity contribution in [1.29, 1.82) is 0 Å². The Morgan fingerprint density at radius 1 is 0.352 bits per heavy atom. The number of hydrogen-bond acceptors (Lipinski definition) is 9. The first-order valence-electron chi connectivity index (χ1n) is 24.3. The molecule has 1 fully saturated rings. The third kappa shape index (κ3) is 9.93. The third-order valence-corrected chi connectivity index (χ3v) is 12.9. The number of pyridine rings is 4. The Labute approximate surface area is 412 Å². The molecule has 0 aliphatic carbocycles. The Morgan fingerprint density at radius 2 is 0.606 bits per heavy atom. The zero-order valence-electron chi connectivity index (χ0n) is 39.4. The standard InChI is InChI=1S/C29H24N4.C29H20N4.C4H8O/c2*1-5-13-26-20(9-1)24(21-10-2-6-14-27(21)32-26)17-30-19-31-18-25-22-11-3-7-15-28(22)33-29-16-8-4-12-23(25)29;1-2-4-5-3-1/h1-16,30-31H,17-19H2;1-18H,19H2;1-4H2. The molecule has 2 N–H and O–H groups in total. The minimum atomic E-state index is 0.343. The number of nitrogens with zero attached hydrogens (tertiary/aromatic N) is 6. The average molecular weight is 925 g/mol. The number of fused-ring (bicyclic) bond motifs is 8. The van der Waals surface area contributed by atoms with E-state index in [0.717, 1.165) is 103 Å². The van der Waals surface area contributed by atoms with E-state index < -0.39 is 0 Å². The van der Waals surface area contributed by atoms with E-state index in [1.54, 1.807) is 0 Å². The van der Waals surface area contributed by atoms with Crippen LogP contribution in [0.25, 0.3) is 87.2 Å². The molecule has 1 aliphatic rings. The predicted molar refractivity (Wildman–Crippen MR) is 296 cm³/mol. The van der Waals surface area contributed by atoms with Crippen LogP contribution in [0.1, 0.15) is 35.1 Å². The number of nitrogens with one attached hydrogen (secondary N) is 2. The van der Waals surface area contributed by atoms with Gasteiger partial charge in [0.2, 0.25) is 0 Å². The highest BCUT2D eigenvalue weighted by Gasteiger charge is 2.12. The molecule has 0 unspecified atom stereocenters. The number of para-hydroxylation sites is 8. The summed E-state index contributed by atoms with van der Waals surface area (Å²) in [6.07, 6.45) is 6.40. The van der Waals surface area contributed by atoms with Gasteiger partial charge in [-0.3, -0.25) is 9.98 Å². The van der Waals surface area contributed by atoms with Crippen LogP contribution >= 0.6 is 0 Å². The van der Waals surface area contributed by atoms with Gasteiger partial charge in [-0.2, -0.15) is 0 Å². The molecule has 9 heteroatoms. The molecule has 4 aromatic heterocycles. The third-order valence-electron chi connectivity index (χ3n) is 12.9. The summed E-state index contributed by atoms with van der Waals surface area (Å²) in [5.41, 5.74) is 12.8. The first-order chi connectivity index (χ1) is 35.3. The largest absolute Gasteiger partial charge is 0.381 e. The molecule has 5 heterocycles. The van der Waals surface area contributed by atoms with E-state index in [9.17, 15) is 0 Å². The van der Waals surface area contributed by atoms with Crippen molar-refractivity contribution in [2.45, 2.75) is 25.9 Å². The van der Waals surface area contributed by atoms with Crippen molar-refractivity contribution in [3.05, 3.63) is 216 Å². The van der Waals surface area contributed by atoms with Crippen LogP contribution in [0, 0.1) is 0 Å². The molecule has 346 valence electrons. The second kappa shape index (κ2) is 21.5. The molecule has 8 aromatic carbocycles. The summed E-state index contributed by atoms with van der Waals surface area (Å²) in [4.78, 5) is 28.5. The van der Waals surface area contributed by atoms with E-state index in [-0.39, 0.29) is 0 Å². The highest BCUT2D eigenvalue weighted by atomic mass is 16.5. The van der Waals surface area contributed by atoms with Crippen LogP contribution in [0.3, 0.4) is 0 Å². The summed E-state index contributed by atoms with van der Waals surface area (Å²) in [6.45, 7) is 4.59. The van der Waals surface area contributed by atoms with Gasteiger partial charge in [0.05, 0.1) is 44.1 Å². The highest BCUT2D eigenvalue weighted by molar-refractivity contribution is 6.12. The lowest BCUT2D eigenvalue weighted by Crippen LogP contribution is -2.28. The van der Waals surface area contributed by atoms with Crippen LogP contribution in [0.4, 0.5) is 0 Å². The Kier molecular flexibility index (Phi) is 13.7. The van der Waals surface area contributed by atoms with Crippen molar-refractivity contribution in [3.8, 4) is 0 Å². The normalized spacial score (nSPS) is 12.7. The number of aromatic nitrogens is 4. The first kappa shape index (κ1) is 45.1. The van der Waals surface area contributed by atoms with E-state index in [2.05, 4.69) is 118 Å². The molecule has 0 spiro atoms. The Balaban J connectivity index is 0.000000140. The molecule has 1 aliphatic heterocycles. The van der Waals surface area contributed by atoms with Crippen LogP contribution < -0.4 is 10.6 Å². The Hall–Kier alpha value is -8.34. The monoisotopic (exact) mass is 924 g/mol. The number of benzene rings is 8. The fourth-order valence-electron chi connectivity index (χ4n) is 9.54. The summed E-state index contributed by atoms with van der Waals surface area (Å²) in [7, 11) is 0. The van der Waals surface area contributed by atoms with Gasteiger partial charge in [0.15, 0.2) is 0 Å². The quantitative estimate of drug-likeness (QED) is 0.0608. The predicted octanol–water partition coefficient (Wildman–Crippen LogP) is 13.3. The van der Waals surface area contributed by atoms with Gasteiger partial charge < -0.3 is 15.4 Å². The number of aliphatic imine (C=N–C) groups is 2. The molecular weight excluding hydrogens is 873 g/mol. The second-order valence-corrected chi connectivity index (χ2v) is 17.5. The van der Waals surface area contributed by atoms with Gasteiger partial charge in [0.25, 0.3) is 0 Å². The molecule has 0 bridgehead atoms. The van der Waals surface area contributed by atoms with Crippen LogP contribution in [0.15, 0.2) is 204 Å². The van der Waals surface area contributed by atoms with Crippen molar-refractivity contribution in [2.24, 2.45) is 9.98 Å².